The van der Waals surface area contributed by atoms with E-state index in [0.29, 0.717) is 5.82 Å². The summed E-state index contributed by atoms with van der Waals surface area (Å²) in [6, 6.07) is 0. The summed E-state index contributed by atoms with van der Waals surface area (Å²) < 4.78 is 0. The number of nitrogens with one attached hydrogen (secondary N) is 1. The maximum Gasteiger partial charge on any atom is 0.126 e. The third-order valence-corrected chi connectivity index (χ3v) is 2.26. The SMILES string of the molecule is C=C(/C=C\C=NC)c1n[nH]c2cnc(C)nc12. The van der Waals surface area contributed by atoms with Crippen LogP contribution in [-0.4, -0.2) is 33.4 Å². The molecule has 5 heteroatoms. The van der Waals surface area contributed by atoms with Gasteiger partial charge in [0.05, 0.1) is 6.20 Å². The summed E-state index contributed by atoms with van der Waals surface area (Å²) in [5.41, 5.74) is 3.13. The molecule has 0 fully saturated rings. The molecule has 0 amide bonds. The predicted molar refractivity (Wildman–Crippen MR) is 69.0 cm³/mol. The molecule has 0 bridgehead atoms. The zero-order chi connectivity index (χ0) is 12.3. The van der Waals surface area contributed by atoms with Crippen molar-refractivity contribution in [2.24, 2.45) is 4.99 Å². The van der Waals surface area contributed by atoms with E-state index in [9.17, 15) is 0 Å². The Labute approximate surface area is 99.0 Å². The molecule has 0 saturated carbocycles. The van der Waals surface area contributed by atoms with Crippen LogP contribution >= 0.6 is 0 Å². The van der Waals surface area contributed by atoms with Gasteiger partial charge in [0.2, 0.25) is 0 Å². The standard InChI is InChI=1S/C12H13N5/c1-8(5-4-6-13-3)11-12-10(16-17-11)7-14-9(2)15-12/h4-7H,1H2,2-3H3,(H,16,17)/b5-4-,13-6?. The van der Waals surface area contributed by atoms with Crippen LogP contribution in [0.5, 0.6) is 0 Å². The highest BCUT2D eigenvalue weighted by molar-refractivity contribution is 5.90. The average molecular weight is 227 g/mol. The van der Waals surface area contributed by atoms with Gasteiger partial charge in [-0.15, -0.1) is 0 Å². The summed E-state index contributed by atoms with van der Waals surface area (Å²) in [5, 5.41) is 7.08. The zero-order valence-electron chi connectivity index (χ0n) is 9.81. The van der Waals surface area contributed by atoms with E-state index in [0.717, 1.165) is 22.3 Å². The maximum atomic E-state index is 4.35. The van der Waals surface area contributed by atoms with E-state index in [1.807, 2.05) is 19.1 Å². The zero-order valence-corrected chi connectivity index (χ0v) is 9.81. The van der Waals surface area contributed by atoms with Crippen LogP contribution in [-0.2, 0) is 0 Å². The second-order valence-electron chi connectivity index (χ2n) is 3.54. The number of H-pyrrole nitrogens is 1. The molecule has 0 saturated heterocycles. The summed E-state index contributed by atoms with van der Waals surface area (Å²) in [4.78, 5) is 12.3. The van der Waals surface area contributed by atoms with Crippen molar-refractivity contribution in [1.82, 2.24) is 20.2 Å². The van der Waals surface area contributed by atoms with E-state index in [4.69, 9.17) is 0 Å². The summed E-state index contributed by atoms with van der Waals surface area (Å²) in [5.74, 6) is 0.715. The summed E-state index contributed by atoms with van der Waals surface area (Å²) >= 11 is 0. The molecular weight excluding hydrogens is 214 g/mol. The molecule has 0 aliphatic carbocycles. The molecule has 0 radical (unpaired) electrons. The Balaban J connectivity index is 2.42. The van der Waals surface area contributed by atoms with Gasteiger partial charge in [-0.05, 0) is 18.6 Å². The molecule has 5 nitrogen and oxygen atoms in total. The molecule has 0 aliphatic rings. The largest absolute Gasteiger partial charge is 0.297 e. The van der Waals surface area contributed by atoms with Gasteiger partial charge in [-0.2, -0.15) is 5.10 Å². The molecule has 2 aromatic heterocycles. The van der Waals surface area contributed by atoms with Crippen molar-refractivity contribution >= 4 is 22.8 Å². The quantitative estimate of drug-likeness (QED) is 0.643. The highest BCUT2D eigenvalue weighted by Gasteiger charge is 2.08. The molecule has 2 rings (SSSR count). The fourth-order valence-corrected chi connectivity index (χ4v) is 1.45. The summed E-state index contributed by atoms with van der Waals surface area (Å²) in [6.45, 7) is 5.80. The molecule has 0 aromatic carbocycles. The molecule has 0 spiro atoms. The van der Waals surface area contributed by atoms with E-state index in [2.05, 4.69) is 31.7 Å². The maximum absolute atomic E-state index is 4.35. The first-order valence-electron chi connectivity index (χ1n) is 5.18. The number of hydrogen-bond donors (Lipinski definition) is 1. The second-order valence-corrected chi connectivity index (χ2v) is 3.54. The lowest BCUT2D eigenvalue weighted by atomic mass is 10.2. The molecule has 0 aliphatic heterocycles. The number of rotatable bonds is 3. The van der Waals surface area contributed by atoms with Crippen molar-refractivity contribution in [1.29, 1.82) is 0 Å². The molecule has 0 unspecified atom stereocenters. The Bertz CT molecular complexity index is 606. The molecular formula is C12H13N5. The summed E-state index contributed by atoms with van der Waals surface area (Å²) in [7, 11) is 1.72. The number of nitrogens with zero attached hydrogens (tertiary/aromatic N) is 4. The van der Waals surface area contributed by atoms with Gasteiger partial charge >= 0.3 is 0 Å². The molecule has 0 atom stereocenters. The van der Waals surface area contributed by atoms with Crippen molar-refractivity contribution in [2.45, 2.75) is 6.92 Å². The Hall–Kier alpha value is -2.30. The Morgan fingerprint density at radius 2 is 2.35 bits per heavy atom. The van der Waals surface area contributed by atoms with Crippen molar-refractivity contribution in [3.63, 3.8) is 0 Å². The number of allylic oxidation sites excluding steroid dienone is 3. The normalized spacial score (nSPS) is 11.9. The van der Waals surface area contributed by atoms with Crippen molar-refractivity contribution < 1.29 is 0 Å². The lowest BCUT2D eigenvalue weighted by Crippen LogP contribution is -1.88. The van der Waals surface area contributed by atoms with Crippen molar-refractivity contribution in [3.8, 4) is 0 Å². The van der Waals surface area contributed by atoms with Crippen LogP contribution in [0.3, 0.4) is 0 Å². The van der Waals surface area contributed by atoms with Crippen LogP contribution in [0, 0.1) is 6.92 Å². The van der Waals surface area contributed by atoms with Gasteiger partial charge in [0, 0.05) is 13.3 Å². The Morgan fingerprint density at radius 1 is 1.53 bits per heavy atom. The molecule has 2 aromatic rings. The van der Waals surface area contributed by atoms with Crippen LogP contribution in [0.2, 0.25) is 0 Å². The molecule has 1 N–H and O–H groups in total. The molecule has 17 heavy (non-hydrogen) atoms. The van der Waals surface area contributed by atoms with Gasteiger partial charge in [-0.3, -0.25) is 10.1 Å². The third kappa shape index (κ3) is 2.28. The van der Waals surface area contributed by atoms with Crippen LogP contribution in [0.1, 0.15) is 11.5 Å². The van der Waals surface area contributed by atoms with Crippen molar-refractivity contribution in [2.75, 3.05) is 7.05 Å². The smallest absolute Gasteiger partial charge is 0.126 e. The number of hydrogen-bond acceptors (Lipinski definition) is 4. The first-order chi connectivity index (χ1) is 8.22. The monoisotopic (exact) mass is 227 g/mol. The number of aromatic nitrogens is 4. The van der Waals surface area contributed by atoms with Gasteiger partial charge in [0.15, 0.2) is 0 Å². The Morgan fingerprint density at radius 3 is 3.12 bits per heavy atom. The van der Waals surface area contributed by atoms with Crippen LogP contribution in [0.25, 0.3) is 16.6 Å². The summed E-state index contributed by atoms with van der Waals surface area (Å²) in [6.07, 6.45) is 7.08. The molecule has 2 heterocycles. The van der Waals surface area contributed by atoms with Gasteiger partial charge in [-0.1, -0.05) is 12.7 Å². The van der Waals surface area contributed by atoms with E-state index in [1.165, 1.54) is 0 Å². The second kappa shape index (κ2) is 4.69. The van der Waals surface area contributed by atoms with Crippen LogP contribution < -0.4 is 0 Å². The van der Waals surface area contributed by atoms with Gasteiger partial charge < -0.3 is 0 Å². The number of fused-ring (bicyclic) bond motifs is 1. The predicted octanol–water partition coefficient (Wildman–Crippen LogP) is 1.93. The highest BCUT2D eigenvalue weighted by Crippen LogP contribution is 2.19. The number of aliphatic imine (C=N–C) groups is 1. The number of aromatic amines is 1. The van der Waals surface area contributed by atoms with Gasteiger partial charge in [0.1, 0.15) is 22.6 Å². The Kier molecular flexibility index (Phi) is 3.09. The fourth-order valence-electron chi connectivity index (χ4n) is 1.45. The van der Waals surface area contributed by atoms with Crippen molar-refractivity contribution in [3.05, 3.63) is 36.4 Å². The third-order valence-electron chi connectivity index (χ3n) is 2.26. The van der Waals surface area contributed by atoms with Crippen LogP contribution in [0.4, 0.5) is 0 Å². The minimum Gasteiger partial charge on any atom is -0.297 e. The van der Waals surface area contributed by atoms with Gasteiger partial charge in [-0.25, -0.2) is 9.97 Å². The average Bonchev–Trinajstić information content (AvgIpc) is 2.72. The minimum atomic E-state index is 0.715. The van der Waals surface area contributed by atoms with Gasteiger partial charge in [0.25, 0.3) is 0 Å². The molecule has 86 valence electrons. The first kappa shape index (κ1) is 11.2. The lowest BCUT2D eigenvalue weighted by molar-refractivity contribution is 1.08. The van der Waals surface area contributed by atoms with E-state index < -0.39 is 0 Å². The topological polar surface area (TPSA) is 66.8 Å². The highest BCUT2D eigenvalue weighted by atomic mass is 15.1. The van der Waals surface area contributed by atoms with E-state index >= 15 is 0 Å². The van der Waals surface area contributed by atoms with E-state index in [-0.39, 0.29) is 0 Å². The minimum absolute atomic E-state index is 0.715. The first-order valence-corrected chi connectivity index (χ1v) is 5.18. The van der Waals surface area contributed by atoms with Crippen LogP contribution in [0.15, 0.2) is 29.9 Å². The van der Waals surface area contributed by atoms with E-state index in [1.54, 1.807) is 19.5 Å². The number of aryl methyl sites for hydroxylation is 1. The lowest BCUT2D eigenvalue weighted by Gasteiger charge is -1.95. The fraction of sp³-hybridized carbons (Fsp3) is 0.167.